The van der Waals surface area contributed by atoms with Crippen molar-refractivity contribution >= 4 is 28.3 Å². The molecule has 2 nitrogen and oxygen atoms in total. The molecule has 3 rings (SSSR count). The van der Waals surface area contributed by atoms with Crippen LogP contribution < -0.4 is 5.32 Å². The third kappa shape index (κ3) is 3.00. The molecule has 1 saturated carbocycles. The molecule has 2 atom stereocenters. The van der Waals surface area contributed by atoms with Gasteiger partial charge in [-0.3, -0.25) is 4.99 Å². The highest BCUT2D eigenvalue weighted by Gasteiger charge is 2.32. The molecule has 1 aliphatic heterocycles. The second-order valence-corrected chi connectivity index (χ2v) is 8.19. The third-order valence-corrected chi connectivity index (χ3v) is 6.56. The second kappa shape index (κ2) is 5.49. The predicted octanol–water partition coefficient (Wildman–Crippen LogP) is 3.89. The summed E-state index contributed by atoms with van der Waals surface area (Å²) in [6, 6.07) is 5.05. The Hall–Kier alpha value is -0.480. The number of thiophene rings is 1. The van der Waals surface area contributed by atoms with E-state index in [1.165, 1.54) is 35.1 Å². The standard InChI is InChI=1S/C15H22N2S2/c1-15(2,13-7-4-8-18-13)10-16-14-17-12-6-3-5-11(12)9-19-14/h4,7-8,11-12H,3,5-6,9-10H2,1-2H3,(H,16,17). The Kier molecular flexibility index (Phi) is 3.90. The van der Waals surface area contributed by atoms with E-state index in [0.717, 1.165) is 12.5 Å². The highest BCUT2D eigenvalue weighted by Crippen LogP contribution is 2.33. The third-order valence-electron chi connectivity index (χ3n) is 4.21. The molecule has 1 aliphatic carbocycles. The largest absolute Gasteiger partial charge is 0.362 e. The lowest BCUT2D eigenvalue weighted by atomic mass is 9.92. The zero-order chi connectivity index (χ0) is 13.3. The van der Waals surface area contributed by atoms with Crippen molar-refractivity contribution in [2.24, 2.45) is 10.9 Å². The van der Waals surface area contributed by atoms with Crippen LogP contribution in [0.4, 0.5) is 0 Å². The van der Waals surface area contributed by atoms with Gasteiger partial charge in [-0.05, 0) is 30.2 Å². The quantitative estimate of drug-likeness (QED) is 0.914. The molecule has 4 heteroatoms. The molecule has 0 radical (unpaired) electrons. The first-order valence-corrected chi connectivity index (χ1v) is 8.99. The summed E-state index contributed by atoms with van der Waals surface area (Å²) in [5.41, 5.74) is 0.149. The van der Waals surface area contributed by atoms with Crippen LogP contribution in [-0.2, 0) is 5.41 Å². The van der Waals surface area contributed by atoms with E-state index in [4.69, 9.17) is 4.99 Å². The van der Waals surface area contributed by atoms with E-state index in [0.29, 0.717) is 6.04 Å². The molecular formula is C15H22N2S2. The Morgan fingerprint density at radius 2 is 2.32 bits per heavy atom. The number of rotatable bonds is 3. The summed E-state index contributed by atoms with van der Waals surface area (Å²) < 4.78 is 0. The predicted molar refractivity (Wildman–Crippen MR) is 86.4 cm³/mol. The summed E-state index contributed by atoms with van der Waals surface area (Å²) in [4.78, 5) is 6.27. The lowest BCUT2D eigenvalue weighted by Crippen LogP contribution is -2.42. The number of hydrogen-bond acceptors (Lipinski definition) is 3. The van der Waals surface area contributed by atoms with Crippen LogP contribution in [0.5, 0.6) is 0 Å². The van der Waals surface area contributed by atoms with Crippen molar-refractivity contribution in [3.05, 3.63) is 22.4 Å². The maximum absolute atomic E-state index is 4.85. The molecular weight excluding hydrogens is 272 g/mol. The Bertz CT molecular complexity index is 451. The van der Waals surface area contributed by atoms with Gasteiger partial charge in [0.1, 0.15) is 0 Å². The van der Waals surface area contributed by atoms with Gasteiger partial charge in [0.25, 0.3) is 0 Å². The Morgan fingerprint density at radius 1 is 1.42 bits per heavy atom. The molecule has 1 N–H and O–H groups in total. The molecule has 0 aromatic carbocycles. The van der Waals surface area contributed by atoms with Crippen molar-refractivity contribution in [3.8, 4) is 0 Å². The molecule has 0 amide bonds. The fourth-order valence-electron chi connectivity index (χ4n) is 2.91. The zero-order valence-electron chi connectivity index (χ0n) is 11.7. The minimum absolute atomic E-state index is 0.149. The van der Waals surface area contributed by atoms with Gasteiger partial charge in [0.05, 0.1) is 6.54 Å². The van der Waals surface area contributed by atoms with Gasteiger partial charge in [0.15, 0.2) is 5.17 Å². The summed E-state index contributed by atoms with van der Waals surface area (Å²) in [5, 5.41) is 6.98. The van der Waals surface area contributed by atoms with Gasteiger partial charge in [-0.1, -0.05) is 38.1 Å². The van der Waals surface area contributed by atoms with Crippen LogP contribution in [0.15, 0.2) is 22.5 Å². The monoisotopic (exact) mass is 294 g/mol. The number of amidine groups is 1. The number of fused-ring (bicyclic) bond motifs is 1. The SMILES string of the molecule is CC(C)(CN=C1NC2CCCC2CS1)c1cccs1. The topological polar surface area (TPSA) is 24.4 Å². The first kappa shape index (κ1) is 13.5. The van der Waals surface area contributed by atoms with E-state index in [2.05, 4.69) is 36.7 Å². The lowest BCUT2D eigenvalue weighted by Gasteiger charge is -2.29. The maximum atomic E-state index is 4.85. The summed E-state index contributed by atoms with van der Waals surface area (Å²) >= 11 is 3.76. The number of aliphatic imine (C=N–C) groups is 1. The lowest BCUT2D eigenvalue weighted by molar-refractivity contribution is 0.487. The van der Waals surface area contributed by atoms with E-state index in [1.807, 2.05) is 23.1 Å². The van der Waals surface area contributed by atoms with Crippen LogP contribution in [0.2, 0.25) is 0 Å². The van der Waals surface area contributed by atoms with Gasteiger partial charge >= 0.3 is 0 Å². The molecule has 1 aromatic heterocycles. The van der Waals surface area contributed by atoms with Crippen molar-refractivity contribution in [2.45, 2.75) is 44.6 Å². The Balaban J connectivity index is 1.63. The number of nitrogens with one attached hydrogen (secondary N) is 1. The molecule has 19 heavy (non-hydrogen) atoms. The number of nitrogens with zero attached hydrogens (tertiary/aromatic N) is 1. The normalized spacial score (nSPS) is 29.3. The van der Waals surface area contributed by atoms with Crippen LogP contribution in [0, 0.1) is 5.92 Å². The van der Waals surface area contributed by atoms with E-state index in [-0.39, 0.29) is 5.41 Å². The average molecular weight is 294 g/mol. The second-order valence-electron chi connectivity index (χ2n) is 6.24. The van der Waals surface area contributed by atoms with Crippen LogP contribution in [0.3, 0.4) is 0 Å². The summed E-state index contributed by atoms with van der Waals surface area (Å²) in [6.07, 6.45) is 4.12. The molecule has 2 fully saturated rings. The van der Waals surface area contributed by atoms with E-state index in [1.54, 1.807) is 0 Å². The van der Waals surface area contributed by atoms with E-state index in [9.17, 15) is 0 Å². The molecule has 0 bridgehead atoms. The summed E-state index contributed by atoms with van der Waals surface area (Å²) in [6.45, 7) is 5.45. The fourth-order valence-corrected chi connectivity index (χ4v) is 4.92. The maximum Gasteiger partial charge on any atom is 0.156 e. The zero-order valence-corrected chi connectivity index (χ0v) is 13.3. The van der Waals surface area contributed by atoms with Crippen molar-refractivity contribution < 1.29 is 0 Å². The minimum atomic E-state index is 0.149. The van der Waals surface area contributed by atoms with Gasteiger partial charge in [-0.2, -0.15) is 0 Å². The number of hydrogen-bond donors (Lipinski definition) is 1. The minimum Gasteiger partial charge on any atom is -0.362 e. The summed E-state index contributed by atoms with van der Waals surface area (Å²) in [7, 11) is 0. The van der Waals surface area contributed by atoms with Gasteiger partial charge < -0.3 is 5.32 Å². The number of thioether (sulfide) groups is 1. The van der Waals surface area contributed by atoms with Gasteiger partial charge in [0.2, 0.25) is 0 Å². The van der Waals surface area contributed by atoms with Gasteiger partial charge in [0, 0.05) is 22.1 Å². The van der Waals surface area contributed by atoms with Crippen molar-refractivity contribution in [2.75, 3.05) is 12.3 Å². The molecule has 2 heterocycles. The van der Waals surface area contributed by atoms with Crippen LogP contribution in [-0.4, -0.2) is 23.5 Å². The molecule has 1 aromatic rings. The first-order valence-electron chi connectivity index (χ1n) is 7.13. The molecule has 0 spiro atoms. The average Bonchev–Trinajstić information content (AvgIpc) is 3.07. The van der Waals surface area contributed by atoms with Crippen molar-refractivity contribution in [1.82, 2.24) is 5.32 Å². The molecule has 2 unspecified atom stereocenters. The van der Waals surface area contributed by atoms with Gasteiger partial charge in [-0.25, -0.2) is 0 Å². The molecule has 2 aliphatic rings. The molecule has 1 saturated heterocycles. The van der Waals surface area contributed by atoms with Gasteiger partial charge in [-0.15, -0.1) is 11.3 Å². The van der Waals surface area contributed by atoms with Crippen molar-refractivity contribution in [3.63, 3.8) is 0 Å². The van der Waals surface area contributed by atoms with E-state index >= 15 is 0 Å². The first-order chi connectivity index (χ1) is 9.15. The molecule has 104 valence electrons. The van der Waals surface area contributed by atoms with E-state index < -0.39 is 0 Å². The van der Waals surface area contributed by atoms with Crippen LogP contribution in [0.25, 0.3) is 0 Å². The fraction of sp³-hybridized carbons (Fsp3) is 0.667. The summed E-state index contributed by atoms with van der Waals surface area (Å²) in [5.74, 6) is 2.14. The van der Waals surface area contributed by atoms with Crippen LogP contribution in [0.1, 0.15) is 38.0 Å². The smallest absolute Gasteiger partial charge is 0.156 e. The Labute approximate surface area is 124 Å². The van der Waals surface area contributed by atoms with Crippen molar-refractivity contribution in [1.29, 1.82) is 0 Å². The van der Waals surface area contributed by atoms with Crippen LogP contribution >= 0.6 is 23.1 Å². The highest BCUT2D eigenvalue weighted by molar-refractivity contribution is 8.13. The highest BCUT2D eigenvalue weighted by atomic mass is 32.2. The Morgan fingerprint density at radius 3 is 3.11 bits per heavy atom.